The van der Waals surface area contributed by atoms with Gasteiger partial charge in [-0.15, -0.1) is 0 Å². The van der Waals surface area contributed by atoms with Gasteiger partial charge in [0, 0.05) is 29.0 Å². The zero-order chi connectivity index (χ0) is 18.1. The summed E-state index contributed by atoms with van der Waals surface area (Å²) in [6.07, 6.45) is 4.98. The summed E-state index contributed by atoms with van der Waals surface area (Å²) in [4.78, 5) is 19.1. The number of rotatable bonds is 4. The van der Waals surface area contributed by atoms with E-state index >= 15 is 0 Å². The first-order chi connectivity index (χ1) is 12.5. The average Bonchev–Trinajstić information content (AvgIpc) is 2.88. The molecule has 2 bridgehead atoms. The SMILES string of the molecule is O=C(CN1C2CCC1CC(O)(c1ccccn1)C2)Nc1ccc(Cl)cc1. The van der Waals surface area contributed by atoms with E-state index in [1.165, 1.54) is 0 Å². The summed E-state index contributed by atoms with van der Waals surface area (Å²) >= 11 is 5.88. The van der Waals surface area contributed by atoms with Crippen LogP contribution in [0.4, 0.5) is 5.69 Å². The van der Waals surface area contributed by atoms with Crippen LogP contribution >= 0.6 is 11.6 Å². The lowest BCUT2D eigenvalue weighted by Crippen LogP contribution is -2.52. The second-order valence-electron chi connectivity index (χ2n) is 7.27. The quantitative estimate of drug-likeness (QED) is 0.866. The first-order valence-corrected chi connectivity index (χ1v) is 9.36. The lowest BCUT2D eigenvalue weighted by Gasteiger charge is -2.43. The molecule has 2 N–H and O–H groups in total. The molecule has 1 aromatic heterocycles. The van der Waals surface area contributed by atoms with Gasteiger partial charge in [-0.1, -0.05) is 17.7 Å². The Morgan fingerprint density at radius 3 is 2.50 bits per heavy atom. The number of fused-ring (bicyclic) bond motifs is 2. The number of carbonyl (C=O) groups excluding carboxylic acids is 1. The molecule has 5 nitrogen and oxygen atoms in total. The Labute approximate surface area is 158 Å². The van der Waals surface area contributed by atoms with Crippen molar-refractivity contribution in [1.29, 1.82) is 0 Å². The molecule has 6 heteroatoms. The third kappa shape index (κ3) is 3.47. The number of anilines is 1. The zero-order valence-corrected chi connectivity index (χ0v) is 15.2. The van der Waals surface area contributed by atoms with Gasteiger partial charge < -0.3 is 10.4 Å². The third-order valence-electron chi connectivity index (χ3n) is 5.51. The second kappa shape index (κ2) is 6.99. The number of aliphatic hydroxyl groups is 1. The van der Waals surface area contributed by atoms with Gasteiger partial charge >= 0.3 is 0 Å². The Balaban J connectivity index is 1.42. The lowest BCUT2D eigenvalue weighted by atomic mass is 9.83. The van der Waals surface area contributed by atoms with Gasteiger partial charge in [0.25, 0.3) is 0 Å². The van der Waals surface area contributed by atoms with Gasteiger partial charge in [0.2, 0.25) is 5.91 Å². The molecule has 2 aliphatic rings. The van der Waals surface area contributed by atoms with Crippen LogP contribution in [0.1, 0.15) is 31.4 Å². The zero-order valence-electron chi connectivity index (χ0n) is 14.4. The summed E-state index contributed by atoms with van der Waals surface area (Å²) in [6, 6.07) is 13.2. The van der Waals surface area contributed by atoms with E-state index in [1.807, 2.05) is 18.2 Å². The van der Waals surface area contributed by atoms with Gasteiger partial charge in [-0.05, 0) is 62.1 Å². The minimum atomic E-state index is -0.893. The molecule has 3 heterocycles. The van der Waals surface area contributed by atoms with Crippen LogP contribution in [0, 0.1) is 0 Å². The summed E-state index contributed by atoms with van der Waals surface area (Å²) < 4.78 is 0. The van der Waals surface area contributed by atoms with Gasteiger partial charge in [-0.25, -0.2) is 0 Å². The molecule has 2 unspecified atom stereocenters. The second-order valence-corrected chi connectivity index (χ2v) is 7.70. The largest absolute Gasteiger partial charge is 0.383 e. The predicted octanol–water partition coefficient (Wildman–Crippen LogP) is 3.19. The predicted molar refractivity (Wildman–Crippen MR) is 101 cm³/mol. The number of piperidine rings is 1. The molecule has 0 aliphatic carbocycles. The summed E-state index contributed by atoms with van der Waals surface area (Å²) in [5.74, 6) is -0.0347. The van der Waals surface area contributed by atoms with Crippen molar-refractivity contribution in [2.24, 2.45) is 0 Å². The molecular formula is C20H22ClN3O2. The highest BCUT2D eigenvalue weighted by atomic mass is 35.5. The van der Waals surface area contributed by atoms with E-state index in [2.05, 4.69) is 15.2 Å². The van der Waals surface area contributed by atoms with E-state index in [0.29, 0.717) is 24.4 Å². The van der Waals surface area contributed by atoms with E-state index in [-0.39, 0.29) is 18.0 Å². The van der Waals surface area contributed by atoms with Crippen LogP contribution in [-0.2, 0) is 10.4 Å². The van der Waals surface area contributed by atoms with Crippen LogP contribution in [0.25, 0.3) is 0 Å². The molecule has 2 aliphatic heterocycles. The van der Waals surface area contributed by atoms with Crippen molar-refractivity contribution in [3.63, 3.8) is 0 Å². The maximum absolute atomic E-state index is 12.5. The first-order valence-electron chi connectivity index (χ1n) is 8.98. The van der Waals surface area contributed by atoms with Gasteiger partial charge in [-0.3, -0.25) is 14.7 Å². The fraction of sp³-hybridized carbons (Fsp3) is 0.400. The number of benzene rings is 1. The van der Waals surface area contributed by atoms with Gasteiger partial charge in [0.05, 0.1) is 12.2 Å². The number of halogens is 1. The molecule has 26 heavy (non-hydrogen) atoms. The van der Waals surface area contributed by atoms with Gasteiger partial charge in [0.1, 0.15) is 5.60 Å². The summed E-state index contributed by atoms with van der Waals surface area (Å²) in [5.41, 5.74) is 0.590. The molecule has 0 saturated carbocycles. The molecule has 136 valence electrons. The van der Waals surface area contributed by atoms with E-state index in [1.54, 1.807) is 30.5 Å². The number of hydrogen-bond acceptors (Lipinski definition) is 4. The molecule has 1 amide bonds. The Morgan fingerprint density at radius 1 is 1.19 bits per heavy atom. The number of nitrogens with zero attached hydrogens (tertiary/aromatic N) is 2. The van der Waals surface area contributed by atoms with E-state index < -0.39 is 5.60 Å². The highest BCUT2D eigenvalue weighted by Gasteiger charge is 2.49. The first kappa shape index (κ1) is 17.5. The minimum Gasteiger partial charge on any atom is -0.383 e. The van der Waals surface area contributed by atoms with E-state index in [4.69, 9.17) is 11.6 Å². The Morgan fingerprint density at radius 2 is 1.88 bits per heavy atom. The lowest BCUT2D eigenvalue weighted by molar-refractivity contribution is -0.121. The van der Waals surface area contributed by atoms with Crippen LogP contribution in [0.15, 0.2) is 48.7 Å². The molecule has 2 aromatic rings. The molecular weight excluding hydrogens is 350 g/mol. The van der Waals surface area contributed by atoms with E-state index in [0.717, 1.165) is 24.2 Å². The summed E-state index contributed by atoms with van der Waals surface area (Å²) in [7, 11) is 0. The summed E-state index contributed by atoms with van der Waals surface area (Å²) in [6.45, 7) is 0.344. The van der Waals surface area contributed by atoms with Gasteiger partial charge in [-0.2, -0.15) is 0 Å². The highest BCUT2D eigenvalue weighted by Crippen LogP contribution is 2.44. The smallest absolute Gasteiger partial charge is 0.238 e. The Bertz CT molecular complexity index is 767. The topological polar surface area (TPSA) is 65.5 Å². The van der Waals surface area contributed by atoms with Crippen molar-refractivity contribution in [2.75, 3.05) is 11.9 Å². The summed E-state index contributed by atoms with van der Waals surface area (Å²) in [5, 5.41) is 14.7. The maximum Gasteiger partial charge on any atom is 0.238 e. The van der Waals surface area contributed by atoms with E-state index in [9.17, 15) is 9.90 Å². The molecule has 2 saturated heterocycles. The molecule has 1 aromatic carbocycles. The number of carbonyl (C=O) groups is 1. The molecule has 0 spiro atoms. The highest BCUT2D eigenvalue weighted by molar-refractivity contribution is 6.30. The molecule has 2 atom stereocenters. The van der Waals surface area contributed by atoms with Crippen LogP contribution < -0.4 is 5.32 Å². The van der Waals surface area contributed by atoms with Crippen molar-refractivity contribution in [3.8, 4) is 0 Å². The Kier molecular flexibility index (Phi) is 4.69. The van der Waals surface area contributed by atoms with Crippen LogP contribution in [-0.4, -0.2) is 39.5 Å². The van der Waals surface area contributed by atoms with Crippen LogP contribution in [0.5, 0.6) is 0 Å². The number of aromatic nitrogens is 1. The Hall–Kier alpha value is -1.95. The number of hydrogen-bond donors (Lipinski definition) is 2. The molecule has 4 rings (SSSR count). The van der Waals surface area contributed by atoms with Crippen molar-refractivity contribution in [3.05, 3.63) is 59.4 Å². The van der Waals surface area contributed by atoms with Gasteiger partial charge in [0.15, 0.2) is 0 Å². The normalized spacial score (nSPS) is 28.1. The van der Waals surface area contributed by atoms with Crippen LogP contribution in [0.2, 0.25) is 5.02 Å². The van der Waals surface area contributed by atoms with Crippen LogP contribution in [0.3, 0.4) is 0 Å². The molecule has 0 radical (unpaired) electrons. The third-order valence-corrected chi connectivity index (χ3v) is 5.77. The monoisotopic (exact) mass is 371 g/mol. The fourth-order valence-corrected chi connectivity index (χ4v) is 4.45. The standard InChI is InChI=1S/C20H22ClN3O2/c21-14-4-6-15(7-5-14)23-19(25)13-24-16-8-9-17(24)12-20(26,11-16)18-3-1-2-10-22-18/h1-7,10,16-17,26H,8-9,11-13H2,(H,23,25). The fourth-order valence-electron chi connectivity index (χ4n) is 4.32. The minimum absolute atomic E-state index is 0.0347. The number of nitrogens with one attached hydrogen (secondary N) is 1. The maximum atomic E-state index is 12.5. The van der Waals surface area contributed by atoms with Crippen molar-refractivity contribution in [1.82, 2.24) is 9.88 Å². The van der Waals surface area contributed by atoms with Crippen molar-refractivity contribution in [2.45, 2.75) is 43.4 Å². The number of amides is 1. The number of pyridine rings is 1. The van der Waals surface area contributed by atoms with Crippen molar-refractivity contribution < 1.29 is 9.90 Å². The van der Waals surface area contributed by atoms with Crippen molar-refractivity contribution >= 4 is 23.2 Å². The molecule has 2 fully saturated rings. The average molecular weight is 372 g/mol.